The van der Waals surface area contributed by atoms with Crippen molar-refractivity contribution in [2.45, 2.75) is 58.1 Å². The number of nitrogens with zero attached hydrogens (tertiary/aromatic N) is 1. The average molecular weight is 332 g/mol. The molecule has 0 unspecified atom stereocenters. The van der Waals surface area contributed by atoms with Crippen molar-refractivity contribution in [3.63, 3.8) is 0 Å². The van der Waals surface area contributed by atoms with Gasteiger partial charge in [-0.25, -0.2) is 4.79 Å². The van der Waals surface area contributed by atoms with Crippen molar-refractivity contribution in [2.24, 2.45) is 5.92 Å². The summed E-state index contributed by atoms with van der Waals surface area (Å²) < 4.78 is 6.57. The van der Waals surface area contributed by atoms with Gasteiger partial charge in [-0.1, -0.05) is 0 Å². The molecule has 2 aromatic heterocycles. The van der Waals surface area contributed by atoms with Crippen LogP contribution in [0.2, 0.25) is 0 Å². The van der Waals surface area contributed by atoms with Crippen LogP contribution in [0.25, 0.3) is 10.2 Å². The van der Waals surface area contributed by atoms with E-state index in [0.717, 1.165) is 36.9 Å². The van der Waals surface area contributed by atoms with Crippen molar-refractivity contribution in [3.05, 3.63) is 29.3 Å². The summed E-state index contributed by atoms with van der Waals surface area (Å²) in [5, 5.41) is 5.08. The molecule has 1 saturated carbocycles. The Morgan fingerprint density at radius 2 is 2.17 bits per heavy atom. The highest BCUT2D eigenvalue weighted by atomic mass is 32.1. The van der Waals surface area contributed by atoms with Crippen molar-refractivity contribution in [2.75, 3.05) is 0 Å². The molecule has 0 aliphatic heterocycles. The quantitative estimate of drug-likeness (QED) is 0.898. The zero-order valence-corrected chi connectivity index (χ0v) is 14.8. The minimum Gasteiger partial charge on any atom is -0.444 e. The largest absolute Gasteiger partial charge is 0.444 e. The first-order chi connectivity index (χ1) is 10.9. The first-order valence-corrected chi connectivity index (χ1v) is 9.10. The van der Waals surface area contributed by atoms with E-state index in [9.17, 15) is 4.79 Å². The number of rotatable bonds is 3. The molecule has 2 aromatic rings. The summed E-state index contributed by atoms with van der Waals surface area (Å²) in [7, 11) is 0. The zero-order chi connectivity index (χ0) is 16.4. The van der Waals surface area contributed by atoms with Crippen LogP contribution in [0.4, 0.5) is 4.79 Å². The summed E-state index contributed by atoms with van der Waals surface area (Å²) in [6.45, 7) is 5.66. The lowest BCUT2D eigenvalue weighted by Gasteiger charge is -2.21. The number of nitrogens with one attached hydrogen (secondary N) is 1. The average Bonchev–Trinajstić information content (AvgIpc) is 3.05. The third-order valence-electron chi connectivity index (χ3n) is 4.12. The number of hydrogen-bond donors (Lipinski definition) is 1. The molecule has 1 amide bonds. The third-order valence-corrected chi connectivity index (χ3v) is 5.00. The zero-order valence-electron chi connectivity index (χ0n) is 14.0. The van der Waals surface area contributed by atoms with Crippen molar-refractivity contribution >= 4 is 27.6 Å². The summed E-state index contributed by atoms with van der Waals surface area (Å²) in [5.74, 6) is 0.582. The van der Waals surface area contributed by atoms with Gasteiger partial charge in [-0.3, -0.25) is 4.98 Å². The highest BCUT2D eigenvalue weighted by molar-refractivity contribution is 7.17. The predicted molar refractivity (Wildman–Crippen MR) is 93.8 cm³/mol. The fraction of sp³-hybridized carbons (Fsp3) is 0.556. The molecular weight excluding hydrogens is 308 g/mol. The fourth-order valence-corrected chi connectivity index (χ4v) is 3.89. The highest BCUT2D eigenvalue weighted by Gasteiger charge is 2.28. The minimum absolute atomic E-state index is 0.222. The van der Waals surface area contributed by atoms with Crippen LogP contribution in [0.3, 0.4) is 0 Å². The number of amides is 1. The van der Waals surface area contributed by atoms with Crippen molar-refractivity contribution in [1.82, 2.24) is 10.3 Å². The number of carbonyl (C=O) groups is 1. The Morgan fingerprint density at radius 3 is 2.96 bits per heavy atom. The topological polar surface area (TPSA) is 51.2 Å². The van der Waals surface area contributed by atoms with Crippen LogP contribution in [-0.2, 0) is 11.2 Å². The lowest BCUT2D eigenvalue weighted by Crippen LogP contribution is -2.38. The maximum atomic E-state index is 11.9. The molecule has 1 N–H and O–H groups in total. The summed E-state index contributed by atoms with van der Waals surface area (Å²) in [6, 6.07) is 6.59. The van der Waals surface area contributed by atoms with E-state index in [2.05, 4.69) is 28.9 Å². The van der Waals surface area contributed by atoms with Gasteiger partial charge in [0.2, 0.25) is 0 Å². The maximum absolute atomic E-state index is 11.9. The van der Waals surface area contributed by atoms with E-state index < -0.39 is 5.60 Å². The first kappa shape index (κ1) is 16.2. The molecule has 2 atom stereocenters. The van der Waals surface area contributed by atoms with Gasteiger partial charge < -0.3 is 10.1 Å². The Bertz CT molecular complexity index is 690. The van der Waals surface area contributed by atoms with Gasteiger partial charge in [0.15, 0.2) is 0 Å². The number of alkyl carbamates (subject to hydrolysis) is 1. The van der Waals surface area contributed by atoms with Crippen LogP contribution in [0.1, 0.15) is 45.7 Å². The smallest absolute Gasteiger partial charge is 0.407 e. The molecular formula is C18H24N2O2S. The number of hydrogen-bond acceptors (Lipinski definition) is 4. The molecule has 1 aliphatic carbocycles. The SMILES string of the molecule is CC(C)(C)OC(=O)N[C@H]1CC[C@H](Cc2ccc3sccc3n2)C1. The molecule has 1 fully saturated rings. The van der Waals surface area contributed by atoms with E-state index >= 15 is 0 Å². The molecule has 0 radical (unpaired) electrons. The number of aromatic nitrogens is 1. The van der Waals surface area contributed by atoms with Crippen molar-refractivity contribution < 1.29 is 9.53 Å². The van der Waals surface area contributed by atoms with Crippen LogP contribution in [0.15, 0.2) is 23.6 Å². The Balaban J connectivity index is 1.52. The lowest BCUT2D eigenvalue weighted by molar-refractivity contribution is 0.0504. The van der Waals surface area contributed by atoms with Gasteiger partial charge in [-0.05, 0) is 76.0 Å². The van der Waals surface area contributed by atoms with E-state index in [1.165, 1.54) is 4.70 Å². The summed E-state index contributed by atoms with van der Waals surface area (Å²) in [6.07, 6.45) is 3.83. The molecule has 0 aromatic carbocycles. The predicted octanol–water partition coefficient (Wildman–Crippen LogP) is 4.53. The van der Waals surface area contributed by atoms with Crippen LogP contribution < -0.4 is 5.32 Å². The molecule has 2 heterocycles. The maximum Gasteiger partial charge on any atom is 0.407 e. The Kier molecular flexibility index (Phi) is 4.57. The highest BCUT2D eigenvalue weighted by Crippen LogP contribution is 2.29. The van der Waals surface area contributed by atoms with Crippen LogP contribution >= 0.6 is 11.3 Å². The van der Waals surface area contributed by atoms with Gasteiger partial charge in [-0.15, -0.1) is 11.3 Å². The van der Waals surface area contributed by atoms with E-state index in [1.807, 2.05) is 20.8 Å². The number of pyridine rings is 1. The summed E-state index contributed by atoms with van der Waals surface area (Å²) in [4.78, 5) is 16.6. The second-order valence-corrected chi connectivity index (χ2v) is 8.28. The van der Waals surface area contributed by atoms with E-state index in [0.29, 0.717) is 5.92 Å². The number of fused-ring (bicyclic) bond motifs is 1. The summed E-state index contributed by atoms with van der Waals surface area (Å²) >= 11 is 1.73. The standard InChI is InChI=1S/C18H24N2O2S/c1-18(2,3)22-17(21)20-14-5-4-12(11-14)10-13-6-7-16-15(19-13)8-9-23-16/h6-9,12,14H,4-5,10-11H2,1-3H3,(H,20,21)/t12-,14+/m1/s1. The fourth-order valence-electron chi connectivity index (χ4n) is 3.17. The van der Waals surface area contributed by atoms with E-state index in [1.54, 1.807) is 11.3 Å². The van der Waals surface area contributed by atoms with E-state index in [4.69, 9.17) is 9.72 Å². The number of ether oxygens (including phenoxy) is 1. The van der Waals surface area contributed by atoms with Gasteiger partial charge in [0.05, 0.1) is 10.2 Å². The van der Waals surface area contributed by atoms with Gasteiger partial charge >= 0.3 is 6.09 Å². The van der Waals surface area contributed by atoms with Crippen LogP contribution in [-0.4, -0.2) is 22.7 Å². The molecule has 5 heteroatoms. The van der Waals surface area contributed by atoms with Gasteiger partial charge in [-0.2, -0.15) is 0 Å². The first-order valence-electron chi connectivity index (χ1n) is 8.22. The van der Waals surface area contributed by atoms with Gasteiger partial charge in [0.1, 0.15) is 5.60 Å². The molecule has 1 aliphatic rings. The Hall–Kier alpha value is -1.62. The Morgan fingerprint density at radius 1 is 1.35 bits per heavy atom. The molecule has 23 heavy (non-hydrogen) atoms. The number of thiophene rings is 1. The molecule has 4 nitrogen and oxygen atoms in total. The number of carbonyl (C=O) groups excluding carboxylic acids is 1. The normalized spacial score (nSPS) is 21.5. The van der Waals surface area contributed by atoms with Crippen molar-refractivity contribution in [1.29, 1.82) is 0 Å². The van der Waals surface area contributed by atoms with Crippen molar-refractivity contribution in [3.8, 4) is 0 Å². The van der Waals surface area contributed by atoms with Crippen LogP contribution in [0.5, 0.6) is 0 Å². The van der Waals surface area contributed by atoms with Gasteiger partial charge in [0.25, 0.3) is 0 Å². The van der Waals surface area contributed by atoms with Crippen LogP contribution in [0, 0.1) is 5.92 Å². The monoisotopic (exact) mass is 332 g/mol. The van der Waals surface area contributed by atoms with E-state index in [-0.39, 0.29) is 12.1 Å². The Labute approximate surface area is 141 Å². The second kappa shape index (κ2) is 6.48. The molecule has 0 spiro atoms. The lowest BCUT2D eigenvalue weighted by atomic mass is 10.0. The van der Waals surface area contributed by atoms with Gasteiger partial charge in [0, 0.05) is 11.7 Å². The molecule has 3 rings (SSSR count). The second-order valence-electron chi connectivity index (χ2n) is 7.33. The molecule has 124 valence electrons. The molecule has 0 saturated heterocycles. The summed E-state index contributed by atoms with van der Waals surface area (Å²) in [5.41, 5.74) is 1.80. The molecule has 0 bridgehead atoms. The minimum atomic E-state index is -0.443. The third kappa shape index (κ3) is 4.44.